The quantitative estimate of drug-likeness (QED) is 0.436. The van der Waals surface area contributed by atoms with Gasteiger partial charge >= 0.3 is 6.03 Å². The summed E-state index contributed by atoms with van der Waals surface area (Å²) < 4.78 is 5.80. The maximum Gasteiger partial charge on any atom is 0.312 e. The first-order chi connectivity index (χ1) is 15.0. The molecule has 9 heteroatoms. The summed E-state index contributed by atoms with van der Waals surface area (Å²) in [6, 6.07) is 19.4. The summed E-state index contributed by atoms with van der Waals surface area (Å²) in [5, 5.41) is 2.53. The summed E-state index contributed by atoms with van der Waals surface area (Å²) in [7, 11) is 0. The molecule has 4 amide bonds. The Hall–Kier alpha value is -4.40. The maximum atomic E-state index is 12.4. The van der Waals surface area contributed by atoms with Crippen LogP contribution in [0.15, 0.2) is 79.0 Å². The number of hydrogen-bond donors (Lipinski definition) is 4. The number of para-hydroxylation sites is 1. The molecule has 0 aliphatic carbocycles. The highest BCUT2D eigenvalue weighted by Crippen LogP contribution is 2.25. The number of pyridine rings is 1. The van der Waals surface area contributed by atoms with Crippen LogP contribution in [-0.2, 0) is 4.79 Å². The van der Waals surface area contributed by atoms with Gasteiger partial charge < -0.3 is 15.8 Å². The highest BCUT2D eigenvalue weighted by molar-refractivity contribution is 5.93. The fraction of sp³-hybridized carbons (Fsp3) is 0.0909. The molecular formula is C22H21N5O4. The van der Waals surface area contributed by atoms with Gasteiger partial charge in [0.2, 0.25) is 5.91 Å². The summed E-state index contributed by atoms with van der Waals surface area (Å²) in [5.41, 5.74) is 10.6. The van der Waals surface area contributed by atoms with E-state index < -0.39 is 23.9 Å². The number of rotatable bonds is 7. The van der Waals surface area contributed by atoms with Gasteiger partial charge in [-0.15, -0.1) is 0 Å². The van der Waals surface area contributed by atoms with Gasteiger partial charge in [0.05, 0.1) is 12.5 Å². The molecule has 3 rings (SSSR count). The van der Waals surface area contributed by atoms with Gasteiger partial charge in [0, 0.05) is 6.20 Å². The van der Waals surface area contributed by atoms with Crippen LogP contribution >= 0.6 is 0 Å². The van der Waals surface area contributed by atoms with Gasteiger partial charge in [-0.1, -0.05) is 36.4 Å². The molecule has 0 radical (unpaired) electrons. The van der Waals surface area contributed by atoms with Crippen LogP contribution in [0.3, 0.4) is 0 Å². The molecule has 0 fully saturated rings. The number of primary amides is 1. The number of aromatic nitrogens is 1. The minimum Gasteiger partial charge on any atom is -0.457 e. The number of carbonyl (C=O) groups excluding carboxylic acids is 3. The van der Waals surface area contributed by atoms with Gasteiger partial charge in [-0.25, -0.2) is 4.79 Å². The minimum absolute atomic E-state index is 0.153. The van der Waals surface area contributed by atoms with Crippen molar-refractivity contribution in [1.82, 2.24) is 21.2 Å². The Morgan fingerprint density at radius 2 is 1.65 bits per heavy atom. The zero-order valence-electron chi connectivity index (χ0n) is 16.4. The molecule has 0 saturated carbocycles. The molecule has 0 bridgehead atoms. The molecule has 1 aromatic heterocycles. The monoisotopic (exact) mass is 419 g/mol. The Bertz CT molecular complexity index is 1040. The van der Waals surface area contributed by atoms with Crippen molar-refractivity contribution in [3.05, 3.63) is 90.3 Å². The standard InChI is InChI=1S/C22H21N5O4/c23-22(30)25-19(14-20(28)26-27-21(29)18-11-4-5-12-24-18)15-7-6-10-17(13-15)31-16-8-2-1-3-9-16/h1-13,19H,14H2,(H,26,28)(H,27,29)(H3,23,25,30). The molecule has 2 aromatic carbocycles. The van der Waals surface area contributed by atoms with E-state index in [1.165, 1.54) is 12.3 Å². The maximum absolute atomic E-state index is 12.4. The number of hydrazine groups is 1. The van der Waals surface area contributed by atoms with E-state index in [9.17, 15) is 14.4 Å². The highest BCUT2D eigenvalue weighted by atomic mass is 16.5. The van der Waals surface area contributed by atoms with Crippen molar-refractivity contribution in [2.75, 3.05) is 0 Å². The van der Waals surface area contributed by atoms with Crippen LogP contribution in [-0.4, -0.2) is 22.8 Å². The molecule has 0 saturated heterocycles. The van der Waals surface area contributed by atoms with Crippen LogP contribution in [0.2, 0.25) is 0 Å². The number of nitrogens with two attached hydrogens (primary N) is 1. The smallest absolute Gasteiger partial charge is 0.312 e. The molecule has 9 nitrogen and oxygen atoms in total. The van der Waals surface area contributed by atoms with Crippen LogP contribution in [0, 0.1) is 0 Å². The van der Waals surface area contributed by atoms with E-state index in [1.807, 2.05) is 30.3 Å². The number of nitrogens with zero attached hydrogens (tertiary/aromatic N) is 1. The minimum atomic E-state index is -0.787. The first kappa shape index (κ1) is 21.3. The molecule has 0 aliphatic rings. The molecule has 1 atom stereocenters. The molecule has 5 N–H and O–H groups in total. The lowest BCUT2D eigenvalue weighted by atomic mass is 10.0. The predicted molar refractivity (Wildman–Crippen MR) is 113 cm³/mol. The number of urea groups is 1. The number of benzene rings is 2. The first-order valence-corrected chi connectivity index (χ1v) is 9.40. The molecule has 31 heavy (non-hydrogen) atoms. The lowest BCUT2D eigenvalue weighted by Gasteiger charge is -2.19. The number of nitrogens with one attached hydrogen (secondary N) is 3. The van der Waals surface area contributed by atoms with E-state index in [0.29, 0.717) is 17.1 Å². The van der Waals surface area contributed by atoms with Crippen molar-refractivity contribution in [2.24, 2.45) is 5.73 Å². The fourth-order valence-corrected chi connectivity index (χ4v) is 2.77. The predicted octanol–water partition coefficient (Wildman–Crippen LogP) is 2.43. The van der Waals surface area contributed by atoms with Crippen LogP contribution in [0.25, 0.3) is 0 Å². The Morgan fingerprint density at radius 1 is 0.903 bits per heavy atom. The van der Waals surface area contributed by atoms with Gasteiger partial charge in [-0.2, -0.15) is 0 Å². The second-order valence-electron chi connectivity index (χ2n) is 6.47. The van der Waals surface area contributed by atoms with E-state index in [4.69, 9.17) is 10.5 Å². The number of amides is 4. The summed E-state index contributed by atoms with van der Waals surface area (Å²) in [4.78, 5) is 39.7. The Labute approximate surface area is 178 Å². The number of carbonyl (C=O) groups is 3. The van der Waals surface area contributed by atoms with E-state index in [1.54, 1.807) is 36.4 Å². The van der Waals surface area contributed by atoms with Crippen molar-refractivity contribution >= 4 is 17.8 Å². The van der Waals surface area contributed by atoms with Gasteiger partial charge in [-0.3, -0.25) is 25.4 Å². The molecule has 1 unspecified atom stereocenters. The first-order valence-electron chi connectivity index (χ1n) is 9.40. The fourth-order valence-electron chi connectivity index (χ4n) is 2.77. The number of ether oxygens (including phenoxy) is 1. The summed E-state index contributed by atoms with van der Waals surface area (Å²) in [5.74, 6) is 0.0851. The Balaban J connectivity index is 1.65. The average molecular weight is 419 g/mol. The summed E-state index contributed by atoms with van der Waals surface area (Å²) in [6.07, 6.45) is 1.30. The van der Waals surface area contributed by atoms with E-state index in [2.05, 4.69) is 21.2 Å². The Kier molecular flexibility index (Phi) is 7.15. The molecule has 0 spiro atoms. The van der Waals surface area contributed by atoms with E-state index >= 15 is 0 Å². The average Bonchev–Trinajstić information content (AvgIpc) is 2.78. The lowest BCUT2D eigenvalue weighted by molar-refractivity contribution is -0.122. The molecule has 0 aliphatic heterocycles. The van der Waals surface area contributed by atoms with Gasteiger partial charge in [0.15, 0.2) is 0 Å². The molecule has 158 valence electrons. The molecule has 1 heterocycles. The van der Waals surface area contributed by atoms with Crippen molar-refractivity contribution in [3.8, 4) is 11.5 Å². The summed E-state index contributed by atoms with van der Waals surface area (Å²) >= 11 is 0. The van der Waals surface area contributed by atoms with Crippen molar-refractivity contribution in [1.29, 1.82) is 0 Å². The number of hydrogen-bond acceptors (Lipinski definition) is 5. The third-order valence-electron chi connectivity index (χ3n) is 4.16. The van der Waals surface area contributed by atoms with Crippen LogP contribution in [0.1, 0.15) is 28.5 Å². The Morgan fingerprint density at radius 3 is 2.35 bits per heavy atom. The van der Waals surface area contributed by atoms with Crippen molar-refractivity contribution < 1.29 is 19.1 Å². The SMILES string of the molecule is NC(=O)NC(CC(=O)NNC(=O)c1ccccn1)c1cccc(Oc2ccccc2)c1. The third kappa shape index (κ3) is 6.57. The van der Waals surface area contributed by atoms with Gasteiger partial charge in [-0.05, 0) is 42.0 Å². The normalized spacial score (nSPS) is 11.1. The van der Waals surface area contributed by atoms with E-state index in [0.717, 1.165) is 0 Å². The zero-order chi connectivity index (χ0) is 22.1. The summed E-state index contributed by atoms with van der Waals surface area (Å²) in [6.45, 7) is 0. The van der Waals surface area contributed by atoms with Crippen molar-refractivity contribution in [2.45, 2.75) is 12.5 Å². The van der Waals surface area contributed by atoms with Gasteiger partial charge in [0.1, 0.15) is 17.2 Å². The topological polar surface area (TPSA) is 135 Å². The van der Waals surface area contributed by atoms with Gasteiger partial charge in [0.25, 0.3) is 5.91 Å². The van der Waals surface area contributed by atoms with Crippen LogP contribution in [0.4, 0.5) is 4.79 Å². The lowest BCUT2D eigenvalue weighted by Crippen LogP contribution is -2.44. The van der Waals surface area contributed by atoms with Crippen molar-refractivity contribution in [3.63, 3.8) is 0 Å². The molecular weight excluding hydrogens is 398 g/mol. The largest absolute Gasteiger partial charge is 0.457 e. The third-order valence-corrected chi connectivity index (χ3v) is 4.16. The zero-order valence-corrected chi connectivity index (χ0v) is 16.4. The second kappa shape index (κ2) is 10.4. The van der Waals surface area contributed by atoms with E-state index in [-0.39, 0.29) is 12.1 Å². The highest BCUT2D eigenvalue weighted by Gasteiger charge is 2.19. The molecule has 3 aromatic rings. The van der Waals surface area contributed by atoms with Crippen LogP contribution < -0.4 is 26.6 Å². The second-order valence-corrected chi connectivity index (χ2v) is 6.47. The van der Waals surface area contributed by atoms with Crippen LogP contribution in [0.5, 0.6) is 11.5 Å².